The zero-order valence-electron chi connectivity index (χ0n) is 22.9. The Bertz CT molecular complexity index is 1410. The summed E-state index contributed by atoms with van der Waals surface area (Å²) in [6.07, 6.45) is 0. The number of halogens is 1. The second-order valence-corrected chi connectivity index (χ2v) is 12.1. The van der Waals surface area contributed by atoms with Gasteiger partial charge < -0.3 is 9.84 Å². The first-order valence-electron chi connectivity index (χ1n) is 12.6. The van der Waals surface area contributed by atoms with Crippen LogP contribution >= 0.6 is 11.6 Å². The van der Waals surface area contributed by atoms with Crippen LogP contribution in [0, 0.1) is 0 Å². The van der Waals surface area contributed by atoms with E-state index in [4.69, 9.17) is 16.3 Å². The molecule has 1 amide bonds. The van der Waals surface area contributed by atoms with Crippen LogP contribution in [-0.4, -0.2) is 23.9 Å². The number of nitrogens with zero attached hydrogens (tertiary/aromatic N) is 1. The Balaban J connectivity index is 1.94. The summed E-state index contributed by atoms with van der Waals surface area (Å²) in [5.41, 5.74) is 3.56. The molecule has 198 valence electrons. The van der Waals surface area contributed by atoms with E-state index in [0.717, 1.165) is 11.1 Å². The van der Waals surface area contributed by atoms with Crippen molar-refractivity contribution in [2.45, 2.75) is 58.4 Å². The normalized spacial score (nSPS) is 17.7. The molecule has 38 heavy (non-hydrogen) atoms. The van der Waals surface area contributed by atoms with Gasteiger partial charge >= 0.3 is 0 Å². The van der Waals surface area contributed by atoms with Gasteiger partial charge in [0.1, 0.15) is 11.5 Å². The molecule has 4 rings (SSSR count). The second kappa shape index (κ2) is 9.95. The maximum Gasteiger partial charge on any atom is 0.300 e. The van der Waals surface area contributed by atoms with Crippen molar-refractivity contribution < 1.29 is 19.4 Å². The molecule has 1 unspecified atom stereocenters. The van der Waals surface area contributed by atoms with Crippen molar-refractivity contribution >= 4 is 34.7 Å². The van der Waals surface area contributed by atoms with Gasteiger partial charge in [0.25, 0.3) is 11.7 Å². The summed E-state index contributed by atoms with van der Waals surface area (Å²) in [6.45, 7) is 12.7. The number of benzene rings is 3. The predicted octanol–water partition coefficient (Wildman–Crippen LogP) is 7.57. The number of aliphatic hydroxyl groups is 1. The van der Waals surface area contributed by atoms with Crippen LogP contribution in [0.5, 0.6) is 5.75 Å². The molecule has 0 aromatic heterocycles. The summed E-state index contributed by atoms with van der Waals surface area (Å²) in [4.78, 5) is 28.5. The van der Waals surface area contributed by atoms with Crippen molar-refractivity contribution in [3.05, 3.63) is 99.6 Å². The molecule has 5 nitrogen and oxygen atoms in total. The molecule has 0 saturated carbocycles. The molecule has 1 N–H and O–H groups in total. The molecule has 1 atom stereocenters. The zero-order valence-corrected chi connectivity index (χ0v) is 23.7. The summed E-state index contributed by atoms with van der Waals surface area (Å²) in [7, 11) is 1.50. The Labute approximate surface area is 229 Å². The molecule has 0 bridgehead atoms. The van der Waals surface area contributed by atoms with Crippen LogP contribution in [0.1, 0.15) is 69.8 Å². The number of hydrogen-bond donors (Lipinski definition) is 1. The number of ketones is 1. The second-order valence-electron chi connectivity index (χ2n) is 11.7. The number of amides is 1. The number of carbonyl (C=O) groups is 2. The molecule has 1 saturated heterocycles. The first kappa shape index (κ1) is 27.5. The van der Waals surface area contributed by atoms with Crippen LogP contribution in [-0.2, 0) is 20.4 Å². The molecule has 0 aliphatic carbocycles. The summed E-state index contributed by atoms with van der Waals surface area (Å²) >= 11 is 6.43. The number of methoxy groups -OCH3 is 1. The van der Waals surface area contributed by atoms with Gasteiger partial charge in [-0.2, -0.15) is 0 Å². The third-order valence-corrected chi connectivity index (χ3v) is 7.31. The lowest BCUT2D eigenvalue weighted by molar-refractivity contribution is -0.132. The highest BCUT2D eigenvalue weighted by molar-refractivity contribution is 6.52. The lowest BCUT2D eigenvalue weighted by atomic mass is 9.85. The standard InChI is InChI=1S/C32H34ClNO4/c1-31(2,3)20-10-8-19(9-11-20)27-26(28(35)24-18-23(38-7)16-17-25(24)33)29(36)30(37)34(27)22-14-12-21(13-15-22)32(4,5)6/h8-18,27,35H,1-7H3/b28-26+. The maximum absolute atomic E-state index is 13.5. The molecule has 1 heterocycles. The van der Waals surface area contributed by atoms with E-state index in [2.05, 4.69) is 41.5 Å². The topological polar surface area (TPSA) is 66.8 Å². The number of rotatable bonds is 4. The Morgan fingerprint density at radius 3 is 1.87 bits per heavy atom. The number of carbonyl (C=O) groups excluding carboxylic acids is 2. The maximum atomic E-state index is 13.5. The highest BCUT2D eigenvalue weighted by atomic mass is 35.5. The number of hydrogen-bond acceptors (Lipinski definition) is 4. The van der Waals surface area contributed by atoms with Gasteiger partial charge in [0.2, 0.25) is 0 Å². The van der Waals surface area contributed by atoms with Crippen LogP contribution < -0.4 is 9.64 Å². The van der Waals surface area contributed by atoms with Crippen molar-refractivity contribution in [2.75, 3.05) is 12.0 Å². The SMILES string of the molecule is COc1ccc(Cl)c(/C(O)=C2\C(=O)C(=O)N(c3ccc(C(C)(C)C)cc3)C2c2ccc(C(C)(C)C)cc2)c1. The average molecular weight is 532 g/mol. The van der Waals surface area contributed by atoms with Gasteiger partial charge in [-0.15, -0.1) is 0 Å². The van der Waals surface area contributed by atoms with Crippen molar-refractivity contribution in [3.8, 4) is 5.75 Å². The molecule has 1 fully saturated rings. The summed E-state index contributed by atoms with van der Waals surface area (Å²) in [6, 6.07) is 19.4. The summed E-state index contributed by atoms with van der Waals surface area (Å²) < 4.78 is 5.30. The molecule has 1 aliphatic rings. The Morgan fingerprint density at radius 1 is 0.842 bits per heavy atom. The van der Waals surface area contributed by atoms with Crippen LogP contribution in [0.25, 0.3) is 5.76 Å². The molecule has 1 aliphatic heterocycles. The van der Waals surface area contributed by atoms with Gasteiger partial charge in [-0.25, -0.2) is 0 Å². The number of Topliss-reactive ketones (excluding diaryl/α,β-unsaturated/α-hetero) is 1. The summed E-state index contributed by atoms with van der Waals surface area (Å²) in [5.74, 6) is -1.36. The van der Waals surface area contributed by atoms with E-state index in [-0.39, 0.29) is 32.7 Å². The van der Waals surface area contributed by atoms with Crippen LogP contribution in [0.15, 0.2) is 72.3 Å². The van der Waals surface area contributed by atoms with Crippen molar-refractivity contribution in [3.63, 3.8) is 0 Å². The van der Waals surface area contributed by atoms with E-state index in [1.165, 1.54) is 12.0 Å². The monoisotopic (exact) mass is 531 g/mol. The highest BCUT2D eigenvalue weighted by Crippen LogP contribution is 2.44. The Kier molecular flexibility index (Phi) is 7.19. The minimum absolute atomic E-state index is 0.0199. The minimum atomic E-state index is -0.841. The third kappa shape index (κ3) is 5.08. The first-order valence-corrected chi connectivity index (χ1v) is 13.0. The molecular weight excluding hydrogens is 498 g/mol. The summed E-state index contributed by atoms with van der Waals surface area (Å²) in [5, 5.41) is 11.7. The smallest absolute Gasteiger partial charge is 0.300 e. The van der Waals surface area contributed by atoms with Crippen LogP contribution in [0.3, 0.4) is 0 Å². The van der Waals surface area contributed by atoms with Crippen molar-refractivity contribution in [1.29, 1.82) is 0 Å². The van der Waals surface area contributed by atoms with Gasteiger partial charge in [0.15, 0.2) is 0 Å². The fraction of sp³-hybridized carbons (Fsp3) is 0.312. The fourth-order valence-corrected chi connectivity index (χ4v) is 4.87. The molecular formula is C32H34ClNO4. The first-order chi connectivity index (χ1) is 17.7. The lowest BCUT2D eigenvalue weighted by Crippen LogP contribution is -2.29. The fourth-order valence-electron chi connectivity index (χ4n) is 4.66. The Morgan fingerprint density at radius 2 is 1.37 bits per heavy atom. The van der Waals surface area contributed by atoms with Gasteiger partial charge in [-0.3, -0.25) is 14.5 Å². The molecule has 3 aromatic rings. The van der Waals surface area contributed by atoms with Gasteiger partial charge in [-0.1, -0.05) is 89.5 Å². The minimum Gasteiger partial charge on any atom is -0.507 e. The molecule has 6 heteroatoms. The van der Waals surface area contributed by atoms with E-state index in [0.29, 0.717) is 17.0 Å². The Hall–Kier alpha value is -3.57. The number of ether oxygens (including phenoxy) is 1. The highest BCUT2D eigenvalue weighted by Gasteiger charge is 2.47. The van der Waals surface area contributed by atoms with Crippen LogP contribution in [0.4, 0.5) is 5.69 Å². The van der Waals surface area contributed by atoms with E-state index in [1.807, 2.05) is 48.5 Å². The lowest BCUT2D eigenvalue weighted by Gasteiger charge is -2.27. The molecule has 0 radical (unpaired) electrons. The third-order valence-electron chi connectivity index (χ3n) is 6.98. The van der Waals surface area contributed by atoms with Gasteiger partial charge in [0, 0.05) is 11.3 Å². The van der Waals surface area contributed by atoms with Gasteiger partial charge in [-0.05, 0) is 57.9 Å². The van der Waals surface area contributed by atoms with E-state index >= 15 is 0 Å². The average Bonchev–Trinajstić information content (AvgIpc) is 3.13. The zero-order chi connectivity index (χ0) is 28.0. The number of aliphatic hydroxyl groups excluding tert-OH is 1. The van der Waals surface area contributed by atoms with E-state index in [1.54, 1.807) is 18.2 Å². The predicted molar refractivity (Wildman–Crippen MR) is 153 cm³/mol. The largest absolute Gasteiger partial charge is 0.507 e. The van der Waals surface area contributed by atoms with Crippen LogP contribution in [0.2, 0.25) is 5.02 Å². The van der Waals surface area contributed by atoms with E-state index in [9.17, 15) is 14.7 Å². The van der Waals surface area contributed by atoms with Gasteiger partial charge in [0.05, 0.1) is 23.7 Å². The number of anilines is 1. The van der Waals surface area contributed by atoms with E-state index < -0.39 is 17.7 Å². The van der Waals surface area contributed by atoms with Crippen molar-refractivity contribution in [2.24, 2.45) is 0 Å². The van der Waals surface area contributed by atoms with Crippen molar-refractivity contribution in [1.82, 2.24) is 0 Å². The molecule has 3 aromatic carbocycles. The quantitative estimate of drug-likeness (QED) is 0.214. The molecule has 0 spiro atoms.